The summed E-state index contributed by atoms with van der Waals surface area (Å²) in [7, 11) is 0. The molecule has 0 saturated carbocycles. The van der Waals surface area contributed by atoms with Crippen LogP contribution < -0.4 is 20.1 Å². The third kappa shape index (κ3) is 6.56. The van der Waals surface area contributed by atoms with E-state index in [2.05, 4.69) is 10.6 Å². The van der Waals surface area contributed by atoms with Gasteiger partial charge in [-0.3, -0.25) is 19.2 Å². The number of ether oxygens (including phenoxy) is 2. The maximum Gasteiger partial charge on any atom is 0.308 e. The van der Waals surface area contributed by atoms with Gasteiger partial charge < -0.3 is 20.1 Å². The van der Waals surface area contributed by atoms with Crippen LogP contribution in [0.4, 0.5) is 0 Å². The second-order valence-electron chi connectivity index (χ2n) is 5.75. The van der Waals surface area contributed by atoms with Crippen molar-refractivity contribution in [3.05, 3.63) is 59.7 Å². The molecule has 2 aromatic carbocycles. The van der Waals surface area contributed by atoms with Crippen molar-refractivity contribution in [1.82, 2.24) is 10.6 Å². The van der Waals surface area contributed by atoms with E-state index in [1.54, 1.807) is 36.4 Å². The van der Waals surface area contributed by atoms with Crippen LogP contribution in [0.3, 0.4) is 0 Å². The quantitative estimate of drug-likeness (QED) is 0.427. The molecule has 0 bridgehead atoms. The summed E-state index contributed by atoms with van der Waals surface area (Å²) in [5, 5.41) is 5.32. The molecule has 0 saturated heterocycles. The van der Waals surface area contributed by atoms with Crippen LogP contribution in [-0.4, -0.2) is 36.8 Å². The SMILES string of the molecule is CC(=O)Oc1cccc(C(=O)NCCNC(=O)c2cccc(OC(C)=O)c2)c1. The zero-order valence-electron chi connectivity index (χ0n) is 15.5. The maximum absolute atomic E-state index is 12.1. The van der Waals surface area contributed by atoms with Gasteiger partial charge in [0.1, 0.15) is 11.5 Å². The highest BCUT2D eigenvalue weighted by Gasteiger charge is 2.09. The number of amides is 2. The summed E-state index contributed by atoms with van der Waals surface area (Å²) in [5.74, 6) is -1.11. The van der Waals surface area contributed by atoms with Gasteiger partial charge in [-0.25, -0.2) is 0 Å². The molecule has 8 heteroatoms. The van der Waals surface area contributed by atoms with E-state index in [-0.39, 0.29) is 36.4 Å². The summed E-state index contributed by atoms with van der Waals surface area (Å²) in [6, 6.07) is 12.4. The van der Waals surface area contributed by atoms with Crippen molar-refractivity contribution < 1.29 is 28.7 Å². The van der Waals surface area contributed by atoms with Crippen molar-refractivity contribution in [2.24, 2.45) is 0 Å². The Labute approximate surface area is 161 Å². The lowest BCUT2D eigenvalue weighted by Gasteiger charge is -2.09. The summed E-state index contributed by atoms with van der Waals surface area (Å²) < 4.78 is 9.88. The van der Waals surface area contributed by atoms with E-state index in [4.69, 9.17) is 9.47 Å². The summed E-state index contributed by atoms with van der Waals surface area (Å²) in [6.07, 6.45) is 0. The van der Waals surface area contributed by atoms with E-state index in [9.17, 15) is 19.2 Å². The Kier molecular flexibility index (Phi) is 7.27. The van der Waals surface area contributed by atoms with E-state index in [1.807, 2.05) is 0 Å². The number of benzene rings is 2. The Morgan fingerprint density at radius 3 is 1.46 bits per heavy atom. The molecule has 8 nitrogen and oxygen atoms in total. The number of hydrogen-bond acceptors (Lipinski definition) is 6. The van der Waals surface area contributed by atoms with Crippen LogP contribution in [-0.2, 0) is 9.59 Å². The Hall–Kier alpha value is -3.68. The number of carbonyl (C=O) groups excluding carboxylic acids is 4. The molecule has 0 fully saturated rings. The van der Waals surface area contributed by atoms with Gasteiger partial charge in [-0.2, -0.15) is 0 Å². The number of rotatable bonds is 7. The number of carbonyl (C=O) groups is 4. The van der Waals surface area contributed by atoms with Crippen LogP contribution in [0.2, 0.25) is 0 Å². The molecule has 2 rings (SSSR count). The first-order valence-corrected chi connectivity index (χ1v) is 8.48. The maximum atomic E-state index is 12.1. The van der Waals surface area contributed by atoms with Crippen molar-refractivity contribution in [2.45, 2.75) is 13.8 Å². The average molecular weight is 384 g/mol. The zero-order valence-corrected chi connectivity index (χ0v) is 15.5. The third-order valence-corrected chi connectivity index (χ3v) is 3.41. The molecule has 0 radical (unpaired) electrons. The van der Waals surface area contributed by atoms with Crippen molar-refractivity contribution >= 4 is 23.8 Å². The normalized spacial score (nSPS) is 9.93. The Morgan fingerprint density at radius 1 is 0.714 bits per heavy atom. The van der Waals surface area contributed by atoms with Crippen LogP contribution in [0.15, 0.2) is 48.5 Å². The molecule has 0 heterocycles. The topological polar surface area (TPSA) is 111 Å². The van der Waals surface area contributed by atoms with Crippen molar-refractivity contribution in [3.8, 4) is 11.5 Å². The molecule has 2 amide bonds. The monoisotopic (exact) mass is 384 g/mol. The van der Waals surface area contributed by atoms with Gasteiger partial charge in [0.25, 0.3) is 11.8 Å². The molecule has 146 valence electrons. The fourth-order valence-corrected chi connectivity index (χ4v) is 2.29. The molecule has 0 unspecified atom stereocenters. The lowest BCUT2D eigenvalue weighted by atomic mass is 10.2. The van der Waals surface area contributed by atoms with Crippen LogP contribution in [0.5, 0.6) is 11.5 Å². The van der Waals surface area contributed by atoms with E-state index >= 15 is 0 Å². The largest absolute Gasteiger partial charge is 0.427 e. The van der Waals surface area contributed by atoms with Gasteiger partial charge in [0.05, 0.1) is 0 Å². The van der Waals surface area contributed by atoms with E-state index in [0.29, 0.717) is 11.1 Å². The summed E-state index contributed by atoms with van der Waals surface area (Å²) in [4.78, 5) is 46.2. The Balaban J connectivity index is 1.82. The predicted molar refractivity (Wildman–Crippen MR) is 100 cm³/mol. The van der Waals surface area contributed by atoms with Gasteiger partial charge >= 0.3 is 11.9 Å². The van der Waals surface area contributed by atoms with Crippen LogP contribution in [0.25, 0.3) is 0 Å². The van der Waals surface area contributed by atoms with Crippen LogP contribution in [0, 0.1) is 0 Å². The zero-order chi connectivity index (χ0) is 20.5. The molecule has 2 aromatic rings. The minimum absolute atomic E-state index is 0.200. The molecule has 0 aliphatic heterocycles. The third-order valence-electron chi connectivity index (χ3n) is 3.41. The lowest BCUT2D eigenvalue weighted by Crippen LogP contribution is -2.34. The minimum atomic E-state index is -0.474. The predicted octanol–water partition coefficient (Wildman–Crippen LogP) is 1.70. The van der Waals surface area contributed by atoms with E-state index in [1.165, 1.54) is 26.0 Å². The highest BCUT2D eigenvalue weighted by molar-refractivity contribution is 5.95. The first kappa shape index (κ1) is 20.6. The van der Waals surface area contributed by atoms with Crippen molar-refractivity contribution in [1.29, 1.82) is 0 Å². The first-order chi connectivity index (χ1) is 13.3. The highest BCUT2D eigenvalue weighted by Crippen LogP contribution is 2.14. The summed E-state index contributed by atoms with van der Waals surface area (Å²) in [5.41, 5.74) is 0.665. The fraction of sp³-hybridized carbons (Fsp3) is 0.200. The second kappa shape index (κ2) is 9.86. The van der Waals surface area contributed by atoms with Gasteiger partial charge in [-0.05, 0) is 36.4 Å². The first-order valence-electron chi connectivity index (χ1n) is 8.48. The molecule has 0 aliphatic rings. The van der Waals surface area contributed by atoms with Gasteiger partial charge in [0.2, 0.25) is 0 Å². The smallest absolute Gasteiger partial charge is 0.308 e. The molecule has 0 spiro atoms. The molecule has 28 heavy (non-hydrogen) atoms. The van der Waals surface area contributed by atoms with Crippen molar-refractivity contribution in [3.63, 3.8) is 0 Å². The van der Waals surface area contributed by atoms with Gasteiger partial charge in [0.15, 0.2) is 0 Å². The molecule has 0 aliphatic carbocycles. The fourth-order valence-electron chi connectivity index (χ4n) is 2.29. The second-order valence-corrected chi connectivity index (χ2v) is 5.75. The summed E-state index contributed by atoms with van der Waals surface area (Å²) >= 11 is 0. The average Bonchev–Trinajstić information content (AvgIpc) is 2.64. The van der Waals surface area contributed by atoms with E-state index in [0.717, 1.165) is 0 Å². The Bertz CT molecular complexity index is 820. The van der Waals surface area contributed by atoms with Crippen LogP contribution >= 0.6 is 0 Å². The molecular weight excluding hydrogens is 364 g/mol. The number of hydrogen-bond donors (Lipinski definition) is 2. The molecule has 2 N–H and O–H groups in total. The lowest BCUT2D eigenvalue weighted by molar-refractivity contribution is -0.132. The van der Waals surface area contributed by atoms with Gasteiger partial charge in [0, 0.05) is 38.1 Å². The highest BCUT2D eigenvalue weighted by atomic mass is 16.5. The van der Waals surface area contributed by atoms with Gasteiger partial charge in [-0.15, -0.1) is 0 Å². The van der Waals surface area contributed by atoms with E-state index < -0.39 is 11.9 Å². The standard InChI is InChI=1S/C20H20N2O6/c1-13(23)27-17-7-3-5-15(11-17)19(25)21-9-10-22-20(26)16-6-4-8-18(12-16)28-14(2)24/h3-8,11-12H,9-10H2,1-2H3,(H,21,25)(H,22,26). The molecular formula is C20H20N2O6. The Morgan fingerprint density at radius 2 is 1.11 bits per heavy atom. The minimum Gasteiger partial charge on any atom is -0.427 e. The van der Waals surface area contributed by atoms with Gasteiger partial charge in [-0.1, -0.05) is 12.1 Å². The number of esters is 2. The van der Waals surface area contributed by atoms with Crippen molar-refractivity contribution in [2.75, 3.05) is 13.1 Å². The molecule has 0 atom stereocenters. The summed E-state index contributed by atoms with van der Waals surface area (Å²) in [6.45, 7) is 2.95. The number of nitrogens with one attached hydrogen (secondary N) is 2. The van der Waals surface area contributed by atoms with Crippen LogP contribution in [0.1, 0.15) is 34.6 Å². The molecule has 0 aromatic heterocycles.